The molecule has 0 unspecified atom stereocenters. The highest BCUT2D eigenvalue weighted by Crippen LogP contribution is 2.07. The minimum absolute atomic E-state index is 0.0663. The molecule has 7 heteroatoms. The first-order valence-corrected chi connectivity index (χ1v) is 3.29. The Morgan fingerprint density at radius 1 is 1.83 bits per heavy atom. The Hall–Kier alpha value is -1.40. The van der Waals surface area contributed by atoms with Gasteiger partial charge in [-0.05, 0) is 0 Å². The van der Waals surface area contributed by atoms with Crippen molar-refractivity contribution >= 4 is 23.6 Å². The number of nitrogens with zero attached hydrogens (tertiary/aromatic N) is 2. The van der Waals surface area contributed by atoms with Gasteiger partial charge in [0.05, 0.1) is 0 Å². The number of nitrogens with one attached hydrogen (secondary N) is 2. The van der Waals surface area contributed by atoms with Gasteiger partial charge in [0.1, 0.15) is 12.0 Å². The van der Waals surface area contributed by atoms with Gasteiger partial charge < -0.3 is 0 Å². The largest absolute Gasteiger partial charge is 0.290 e. The zero-order valence-corrected chi connectivity index (χ0v) is 6.54. The van der Waals surface area contributed by atoms with Gasteiger partial charge in [-0.2, -0.15) is 5.10 Å². The van der Waals surface area contributed by atoms with Crippen molar-refractivity contribution in [1.29, 1.82) is 0 Å². The lowest BCUT2D eigenvalue weighted by molar-refractivity contribution is 0.240. The molecule has 0 bridgehead atoms. The Morgan fingerprint density at radius 3 is 3.25 bits per heavy atom. The highest BCUT2D eigenvalue weighted by Gasteiger charge is 1.97. The molecule has 0 spiro atoms. The number of hydrogen-bond donors (Lipinski definition) is 3. The van der Waals surface area contributed by atoms with Crippen molar-refractivity contribution in [2.45, 2.75) is 0 Å². The fraction of sp³-hybridized carbons (Fsp3) is 0. The summed E-state index contributed by atoms with van der Waals surface area (Å²) in [5.74, 6) is 0. The van der Waals surface area contributed by atoms with Crippen LogP contribution in [0.5, 0.6) is 0 Å². The Bertz CT molecular complexity index is 348. The topological polar surface area (TPSA) is 90.4 Å². The molecule has 0 saturated heterocycles. The van der Waals surface area contributed by atoms with Crippen molar-refractivity contribution < 1.29 is 5.21 Å². The average molecular weight is 189 g/mol. The van der Waals surface area contributed by atoms with E-state index in [1.165, 1.54) is 6.07 Å². The van der Waals surface area contributed by atoms with Crippen LogP contribution in [0.15, 0.2) is 15.9 Å². The smallest absolute Gasteiger partial charge is 0.290 e. The normalized spacial score (nSPS) is 10.5. The van der Waals surface area contributed by atoms with E-state index < -0.39 is 5.56 Å². The highest BCUT2D eigenvalue weighted by atomic mass is 35.5. The third-order valence-electron chi connectivity index (χ3n) is 1.01. The molecule has 0 amide bonds. The maximum absolute atomic E-state index is 10.9. The van der Waals surface area contributed by atoms with Gasteiger partial charge in [-0.3, -0.25) is 15.5 Å². The van der Waals surface area contributed by atoms with Crippen molar-refractivity contribution in [2.75, 3.05) is 0 Å². The number of aliphatic imine (C=N–C) groups is 1. The Balaban J connectivity index is 3.06. The summed E-state index contributed by atoms with van der Waals surface area (Å²) in [6.45, 7) is 0. The molecule has 1 aromatic rings. The lowest BCUT2D eigenvalue weighted by atomic mass is 10.5. The number of hydrogen-bond acceptors (Lipinski definition) is 4. The van der Waals surface area contributed by atoms with Gasteiger partial charge >= 0.3 is 0 Å². The molecule has 0 radical (unpaired) electrons. The van der Waals surface area contributed by atoms with Crippen LogP contribution in [-0.2, 0) is 0 Å². The fourth-order valence-electron chi connectivity index (χ4n) is 0.566. The Kier molecular flexibility index (Phi) is 2.78. The molecule has 0 aromatic carbocycles. The van der Waals surface area contributed by atoms with Gasteiger partial charge in [-0.25, -0.2) is 10.1 Å². The Morgan fingerprint density at radius 2 is 2.58 bits per heavy atom. The molecule has 1 rings (SSSR count). The molecule has 0 saturated carbocycles. The summed E-state index contributed by atoms with van der Waals surface area (Å²) in [6.07, 6.45) is 0.945. The molecule has 1 heterocycles. The average Bonchev–Trinajstić information content (AvgIpc) is 2.07. The molecular weight excluding hydrogens is 184 g/mol. The predicted octanol–water partition coefficient (Wildman–Crippen LogP) is 0.0619. The van der Waals surface area contributed by atoms with Gasteiger partial charge in [0.2, 0.25) is 0 Å². The molecule has 0 aliphatic rings. The van der Waals surface area contributed by atoms with Gasteiger partial charge in [0.15, 0.2) is 5.15 Å². The maximum Gasteiger partial charge on any atom is 0.290 e. The number of H-pyrrole nitrogens is 1. The summed E-state index contributed by atoms with van der Waals surface area (Å²) in [4.78, 5) is 14.4. The molecule has 0 aliphatic heterocycles. The van der Waals surface area contributed by atoms with Crippen LogP contribution in [0.4, 0.5) is 5.69 Å². The highest BCUT2D eigenvalue weighted by molar-refractivity contribution is 6.29. The van der Waals surface area contributed by atoms with Crippen LogP contribution >= 0.6 is 11.6 Å². The lowest BCUT2D eigenvalue weighted by Gasteiger charge is -1.91. The second kappa shape index (κ2) is 3.84. The molecule has 1 aromatic heterocycles. The minimum atomic E-state index is -0.481. The first kappa shape index (κ1) is 8.69. The van der Waals surface area contributed by atoms with Crippen molar-refractivity contribution in [3.05, 3.63) is 21.6 Å². The van der Waals surface area contributed by atoms with Crippen LogP contribution in [-0.4, -0.2) is 21.7 Å². The van der Waals surface area contributed by atoms with Crippen molar-refractivity contribution in [3.8, 4) is 0 Å². The number of aromatic nitrogens is 2. The molecule has 64 valence electrons. The number of rotatable bonds is 2. The summed E-state index contributed by atoms with van der Waals surface area (Å²) in [7, 11) is 0. The fourth-order valence-corrected chi connectivity index (χ4v) is 0.712. The van der Waals surface area contributed by atoms with E-state index in [1.54, 1.807) is 5.48 Å². The van der Waals surface area contributed by atoms with Gasteiger partial charge in [-0.1, -0.05) is 11.6 Å². The van der Waals surface area contributed by atoms with Crippen LogP contribution < -0.4 is 11.0 Å². The number of halogens is 1. The van der Waals surface area contributed by atoms with Crippen LogP contribution in [0, 0.1) is 0 Å². The van der Waals surface area contributed by atoms with E-state index in [0.717, 1.165) is 6.34 Å². The summed E-state index contributed by atoms with van der Waals surface area (Å²) in [5.41, 5.74) is 1.24. The van der Waals surface area contributed by atoms with E-state index in [4.69, 9.17) is 16.8 Å². The molecule has 0 fully saturated rings. The summed E-state index contributed by atoms with van der Waals surface area (Å²) in [5, 5.41) is 13.8. The SMILES string of the molecule is O=c1[nH]nc(Cl)cc1N=CNO. The first-order chi connectivity index (χ1) is 5.74. The minimum Gasteiger partial charge on any atom is -0.290 e. The van der Waals surface area contributed by atoms with Gasteiger partial charge in [0.25, 0.3) is 5.56 Å². The lowest BCUT2D eigenvalue weighted by Crippen LogP contribution is -2.08. The van der Waals surface area contributed by atoms with E-state index in [1.807, 2.05) is 0 Å². The third-order valence-corrected chi connectivity index (χ3v) is 1.21. The molecule has 0 aliphatic carbocycles. The van der Waals surface area contributed by atoms with Crippen molar-refractivity contribution in [2.24, 2.45) is 4.99 Å². The van der Waals surface area contributed by atoms with E-state index in [2.05, 4.69) is 15.2 Å². The van der Waals surface area contributed by atoms with E-state index >= 15 is 0 Å². The van der Waals surface area contributed by atoms with Crippen molar-refractivity contribution in [3.63, 3.8) is 0 Å². The third kappa shape index (κ3) is 2.04. The standard InChI is InChI=1S/C5H5ClN4O2/c6-4-1-3(7-2-8-12)5(11)10-9-4/h1-2,12H,(H,10,11)(H,7,8,9). The van der Waals surface area contributed by atoms with Crippen LogP contribution in [0.25, 0.3) is 0 Å². The number of hydroxylamine groups is 1. The van der Waals surface area contributed by atoms with E-state index in [9.17, 15) is 4.79 Å². The molecule has 6 nitrogen and oxygen atoms in total. The first-order valence-electron chi connectivity index (χ1n) is 2.91. The number of aromatic amines is 1. The Labute approximate surface area is 71.9 Å². The summed E-state index contributed by atoms with van der Waals surface area (Å²) < 4.78 is 0. The van der Waals surface area contributed by atoms with Gasteiger partial charge in [-0.15, -0.1) is 0 Å². The summed E-state index contributed by atoms with van der Waals surface area (Å²) in [6, 6.07) is 1.27. The quantitative estimate of drug-likeness (QED) is 0.348. The molecule has 3 N–H and O–H groups in total. The zero-order valence-electron chi connectivity index (χ0n) is 5.78. The predicted molar refractivity (Wildman–Crippen MR) is 42.9 cm³/mol. The molecule has 12 heavy (non-hydrogen) atoms. The van der Waals surface area contributed by atoms with E-state index in [0.29, 0.717) is 0 Å². The van der Waals surface area contributed by atoms with E-state index in [-0.39, 0.29) is 10.8 Å². The van der Waals surface area contributed by atoms with Gasteiger partial charge in [0, 0.05) is 6.07 Å². The summed E-state index contributed by atoms with van der Waals surface area (Å²) >= 11 is 5.46. The van der Waals surface area contributed by atoms with Crippen LogP contribution in [0.2, 0.25) is 5.15 Å². The second-order valence-electron chi connectivity index (χ2n) is 1.79. The second-order valence-corrected chi connectivity index (χ2v) is 2.18. The monoisotopic (exact) mass is 188 g/mol. The van der Waals surface area contributed by atoms with Crippen LogP contribution in [0.1, 0.15) is 0 Å². The molecule has 0 atom stereocenters. The zero-order chi connectivity index (χ0) is 8.97. The van der Waals surface area contributed by atoms with Crippen LogP contribution in [0.3, 0.4) is 0 Å². The van der Waals surface area contributed by atoms with Crippen molar-refractivity contribution in [1.82, 2.24) is 15.7 Å². The maximum atomic E-state index is 10.9. The molecular formula is C5H5ClN4O2.